The SMILES string of the molecule is CC1CC(CN)(N(C)C2CC2)CC(C)O1. The zero-order valence-electron chi connectivity index (χ0n) is 10.2. The molecule has 1 heterocycles. The lowest BCUT2D eigenvalue weighted by atomic mass is 9.82. The molecule has 15 heavy (non-hydrogen) atoms. The summed E-state index contributed by atoms with van der Waals surface area (Å²) in [5, 5.41) is 0. The van der Waals surface area contributed by atoms with E-state index in [0.717, 1.165) is 25.4 Å². The monoisotopic (exact) mass is 212 g/mol. The molecule has 2 atom stereocenters. The predicted octanol–water partition coefficient (Wildman–Crippen LogP) is 1.37. The number of ether oxygens (including phenoxy) is 1. The molecule has 3 heteroatoms. The molecule has 88 valence electrons. The van der Waals surface area contributed by atoms with Crippen LogP contribution in [-0.4, -0.2) is 42.3 Å². The van der Waals surface area contributed by atoms with Crippen LogP contribution in [0.4, 0.5) is 0 Å². The molecule has 2 N–H and O–H groups in total. The van der Waals surface area contributed by atoms with E-state index in [1.165, 1.54) is 12.8 Å². The minimum atomic E-state index is 0.193. The number of rotatable bonds is 3. The highest BCUT2D eigenvalue weighted by molar-refractivity contribution is 5.01. The van der Waals surface area contributed by atoms with Gasteiger partial charge in [-0.15, -0.1) is 0 Å². The van der Waals surface area contributed by atoms with Crippen LogP contribution in [0.2, 0.25) is 0 Å². The molecule has 2 rings (SSSR count). The molecule has 0 radical (unpaired) electrons. The summed E-state index contributed by atoms with van der Waals surface area (Å²) < 4.78 is 5.81. The number of nitrogens with two attached hydrogens (primary N) is 1. The molecule has 0 spiro atoms. The van der Waals surface area contributed by atoms with Crippen LogP contribution in [0.25, 0.3) is 0 Å². The van der Waals surface area contributed by atoms with Crippen LogP contribution in [0, 0.1) is 0 Å². The average Bonchev–Trinajstić information content (AvgIpc) is 2.98. The van der Waals surface area contributed by atoms with Crippen molar-refractivity contribution < 1.29 is 4.74 Å². The Morgan fingerprint density at radius 3 is 2.20 bits per heavy atom. The number of likely N-dealkylation sites (N-methyl/N-ethyl adjacent to an activating group) is 1. The minimum absolute atomic E-state index is 0.193. The van der Waals surface area contributed by atoms with E-state index in [9.17, 15) is 0 Å². The summed E-state index contributed by atoms with van der Waals surface area (Å²) in [6.45, 7) is 5.10. The third-order valence-corrected chi connectivity index (χ3v) is 4.02. The zero-order chi connectivity index (χ0) is 11.1. The van der Waals surface area contributed by atoms with Gasteiger partial charge >= 0.3 is 0 Å². The number of hydrogen-bond donors (Lipinski definition) is 1. The van der Waals surface area contributed by atoms with E-state index >= 15 is 0 Å². The van der Waals surface area contributed by atoms with Gasteiger partial charge in [0.1, 0.15) is 0 Å². The van der Waals surface area contributed by atoms with E-state index in [2.05, 4.69) is 25.8 Å². The summed E-state index contributed by atoms with van der Waals surface area (Å²) in [5.74, 6) is 0. The van der Waals surface area contributed by atoms with Crippen LogP contribution in [0.5, 0.6) is 0 Å². The summed E-state index contributed by atoms with van der Waals surface area (Å²) in [7, 11) is 2.25. The van der Waals surface area contributed by atoms with E-state index in [0.29, 0.717) is 12.2 Å². The van der Waals surface area contributed by atoms with E-state index in [1.807, 2.05) is 0 Å². The minimum Gasteiger partial charge on any atom is -0.375 e. The molecule has 0 amide bonds. The highest BCUT2D eigenvalue weighted by Gasteiger charge is 2.45. The predicted molar refractivity (Wildman–Crippen MR) is 61.8 cm³/mol. The number of hydrogen-bond acceptors (Lipinski definition) is 3. The molecule has 2 aliphatic rings. The number of nitrogens with zero attached hydrogens (tertiary/aromatic N) is 1. The van der Waals surface area contributed by atoms with Gasteiger partial charge in [-0.25, -0.2) is 0 Å². The van der Waals surface area contributed by atoms with Crippen LogP contribution in [0.1, 0.15) is 39.5 Å². The molecule has 1 aliphatic heterocycles. The van der Waals surface area contributed by atoms with Gasteiger partial charge in [-0.05, 0) is 46.6 Å². The van der Waals surface area contributed by atoms with E-state index in [4.69, 9.17) is 10.5 Å². The lowest BCUT2D eigenvalue weighted by Crippen LogP contribution is -2.59. The topological polar surface area (TPSA) is 38.5 Å². The second kappa shape index (κ2) is 4.04. The zero-order valence-corrected chi connectivity index (χ0v) is 10.2. The second-order valence-electron chi connectivity index (χ2n) is 5.44. The van der Waals surface area contributed by atoms with Crippen LogP contribution in [0.3, 0.4) is 0 Å². The van der Waals surface area contributed by atoms with Gasteiger partial charge in [0.05, 0.1) is 12.2 Å². The first-order valence-corrected chi connectivity index (χ1v) is 6.16. The maximum atomic E-state index is 6.03. The maximum Gasteiger partial charge on any atom is 0.0568 e. The van der Waals surface area contributed by atoms with Gasteiger partial charge in [-0.3, -0.25) is 4.90 Å². The molecule has 1 saturated carbocycles. The molecule has 3 nitrogen and oxygen atoms in total. The summed E-state index contributed by atoms with van der Waals surface area (Å²) in [5.41, 5.74) is 6.22. The average molecular weight is 212 g/mol. The van der Waals surface area contributed by atoms with Crippen molar-refractivity contribution >= 4 is 0 Å². The van der Waals surface area contributed by atoms with Gasteiger partial charge in [0, 0.05) is 18.1 Å². The molecular weight excluding hydrogens is 188 g/mol. The molecule has 0 aromatic rings. The third kappa shape index (κ3) is 2.19. The second-order valence-corrected chi connectivity index (χ2v) is 5.44. The molecule has 2 unspecified atom stereocenters. The van der Waals surface area contributed by atoms with Gasteiger partial charge in [-0.2, -0.15) is 0 Å². The Labute approximate surface area is 93.0 Å². The molecular formula is C12H24N2O. The fourth-order valence-electron chi connectivity index (χ4n) is 3.09. The van der Waals surface area contributed by atoms with Crippen LogP contribution in [-0.2, 0) is 4.74 Å². The van der Waals surface area contributed by atoms with Crippen molar-refractivity contribution in [3.8, 4) is 0 Å². The van der Waals surface area contributed by atoms with Crippen molar-refractivity contribution in [2.24, 2.45) is 5.73 Å². The van der Waals surface area contributed by atoms with Crippen molar-refractivity contribution in [2.75, 3.05) is 13.6 Å². The molecule has 1 saturated heterocycles. The Balaban J connectivity index is 2.11. The standard InChI is InChI=1S/C12H24N2O/c1-9-6-12(8-13,7-10(2)15-9)14(3)11-4-5-11/h9-11H,4-8,13H2,1-3H3. The first kappa shape index (κ1) is 11.4. The van der Waals surface area contributed by atoms with E-state index in [-0.39, 0.29) is 5.54 Å². The van der Waals surface area contributed by atoms with Gasteiger partial charge in [0.25, 0.3) is 0 Å². The fourth-order valence-corrected chi connectivity index (χ4v) is 3.09. The largest absolute Gasteiger partial charge is 0.375 e. The Morgan fingerprint density at radius 2 is 1.80 bits per heavy atom. The van der Waals surface area contributed by atoms with E-state index in [1.54, 1.807) is 0 Å². The third-order valence-electron chi connectivity index (χ3n) is 4.02. The first-order valence-electron chi connectivity index (χ1n) is 6.16. The smallest absolute Gasteiger partial charge is 0.0568 e. The van der Waals surface area contributed by atoms with Gasteiger partial charge in [0.15, 0.2) is 0 Å². The lowest BCUT2D eigenvalue weighted by Gasteiger charge is -2.48. The van der Waals surface area contributed by atoms with Crippen molar-refractivity contribution in [3.05, 3.63) is 0 Å². The lowest BCUT2D eigenvalue weighted by molar-refractivity contribution is -0.0993. The first-order chi connectivity index (χ1) is 7.07. The highest BCUT2D eigenvalue weighted by atomic mass is 16.5. The van der Waals surface area contributed by atoms with Crippen molar-refractivity contribution in [1.29, 1.82) is 0 Å². The normalized spacial score (nSPS) is 42.2. The van der Waals surface area contributed by atoms with Gasteiger partial charge in [0.2, 0.25) is 0 Å². The molecule has 0 bridgehead atoms. The fraction of sp³-hybridized carbons (Fsp3) is 1.00. The Bertz CT molecular complexity index is 218. The highest BCUT2D eigenvalue weighted by Crippen LogP contribution is 2.39. The molecule has 1 aliphatic carbocycles. The quantitative estimate of drug-likeness (QED) is 0.768. The van der Waals surface area contributed by atoms with Crippen molar-refractivity contribution in [1.82, 2.24) is 4.90 Å². The Hall–Kier alpha value is -0.120. The summed E-state index contributed by atoms with van der Waals surface area (Å²) in [6, 6.07) is 0.783. The Kier molecular flexibility index (Phi) is 3.06. The summed E-state index contributed by atoms with van der Waals surface area (Å²) >= 11 is 0. The molecule has 0 aromatic carbocycles. The molecule has 0 aromatic heterocycles. The van der Waals surface area contributed by atoms with Crippen LogP contribution < -0.4 is 5.73 Å². The summed E-state index contributed by atoms with van der Waals surface area (Å²) in [6.07, 6.45) is 5.56. The van der Waals surface area contributed by atoms with Gasteiger partial charge < -0.3 is 10.5 Å². The van der Waals surface area contributed by atoms with Gasteiger partial charge in [-0.1, -0.05) is 0 Å². The van der Waals surface area contributed by atoms with Crippen molar-refractivity contribution in [3.63, 3.8) is 0 Å². The maximum absolute atomic E-state index is 6.03. The van der Waals surface area contributed by atoms with Crippen LogP contribution in [0.15, 0.2) is 0 Å². The van der Waals surface area contributed by atoms with Crippen molar-refractivity contribution in [2.45, 2.75) is 63.3 Å². The Morgan fingerprint density at radius 1 is 1.27 bits per heavy atom. The molecule has 2 fully saturated rings. The van der Waals surface area contributed by atoms with Crippen LogP contribution >= 0.6 is 0 Å². The van der Waals surface area contributed by atoms with E-state index < -0.39 is 0 Å². The summed E-state index contributed by atoms with van der Waals surface area (Å²) in [4.78, 5) is 2.53.